The lowest BCUT2D eigenvalue weighted by molar-refractivity contribution is -0.870. The summed E-state index contributed by atoms with van der Waals surface area (Å²) in [6.45, 7) is 4.87. The third kappa shape index (κ3) is 55.0. The molecule has 0 aromatic heterocycles. The standard InChI is InChI=1S/C61H123N2O6P/c1-6-8-10-12-14-16-18-20-22-24-25-26-27-28-29-30-31-32-33-34-35-36-37-39-41-43-45-47-49-51-53-55-61(65)62-59(58-69-70(66,67)68-57-56-63(3,4)5)60(64)54-52-50-48-46-44-42-40-38-23-21-19-17-15-13-11-9-7-2/h52,54,59-60,64H,6-51,53,55-58H2,1-5H3,(H-,62,65,66,67)/p+1/b54-52+/t59-,60+/m0/s1. The van der Waals surface area contributed by atoms with Gasteiger partial charge in [-0.15, -0.1) is 0 Å². The maximum absolute atomic E-state index is 13.0. The molecule has 0 fully saturated rings. The van der Waals surface area contributed by atoms with Crippen LogP contribution in [0, 0.1) is 0 Å². The van der Waals surface area contributed by atoms with Gasteiger partial charge in [-0.3, -0.25) is 13.8 Å². The van der Waals surface area contributed by atoms with E-state index in [2.05, 4.69) is 19.2 Å². The van der Waals surface area contributed by atoms with Gasteiger partial charge in [-0.05, 0) is 19.3 Å². The number of rotatable bonds is 58. The number of aliphatic hydroxyl groups is 1. The Morgan fingerprint density at radius 3 is 1.06 bits per heavy atom. The second-order valence-corrected chi connectivity index (χ2v) is 24.3. The molecule has 0 saturated carbocycles. The minimum absolute atomic E-state index is 0.0652. The van der Waals surface area contributed by atoms with E-state index in [1.165, 1.54) is 270 Å². The number of likely N-dealkylation sites (N-methyl/N-ethyl adjacent to an activating group) is 1. The van der Waals surface area contributed by atoms with E-state index in [1.807, 2.05) is 27.2 Å². The summed E-state index contributed by atoms with van der Waals surface area (Å²) in [6, 6.07) is -0.842. The predicted octanol–water partition coefficient (Wildman–Crippen LogP) is 19.0. The number of carbonyl (C=O) groups excluding carboxylic acids is 1. The number of amides is 1. The van der Waals surface area contributed by atoms with Crippen molar-refractivity contribution in [1.29, 1.82) is 0 Å². The van der Waals surface area contributed by atoms with Gasteiger partial charge in [0.2, 0.25) is 5.91 Å². The van der Waals surface area contributed by atoms with Crippen LogP contribution in [0.2, 0.25) is 0 Å². The molecule has 0 spiro atoms. The van der Waals surface area contributed by atoms with E-state index in [1.54, 1.807) is 6.08 Å². The third-order valence-corrected chi connectivity index (χ3v) is 15.5. The molecule has 0 aliphatic rings. The minimum atomic E-state index is -4.34. The van der Waals surface area contributed by atoms with Crippen LogP contribution in [-0.2, 0) is 18.4 Å². The first kappa shape index (κ1) is 69.2. The monoisotopic (exact) mass is 1010 g/mol. The highest BCUT2D eigenvalue weighted by atomic mass is 31.2. The van der Waals surface area contributed by atoms with Crippen molar-refractivity contribution in [2.75, 3.05) is 40.9 Å². The molecule has 0 rings (SSSR count). The number of unbranched alkanes of at least 4 members (excludes halogenated alkanes) is 45. The fraction of sp³-hybridized carbons (Fsp3) is 0.951. The van der Waals surface area contributed by atoms with Crippen LogP contribution in [0.3, 0.4) is 0 Å². The van der Waals surface area contributed by atoms with Crippen LogP contribution in [0.4, 0.5) is 0 Å². The van der Waals surface area contributed by atoms with Crippen molar-refractivity contribution in [3.8, 4) is 0 Å². The molecule has 70 heavy (non-hydrogen) atoms. The molecule has 9 heteroatoms. The molecule has 8 nitrogen and oxygen atoms in total. The van der Waals surface area contributed by atoms with Crippen LogP contribution in [0.5, 0.6) is 0 Å². The number of phosphoric acid groups is 1. The lowest BCUT2D eigenvalue weighted by atomic mass is 10.0. The zero-order valence-electron chi connectivity index (χ0n) is 47.8. The molecule has 0 aliphatic heterocycles. The molecule has 0 radical (unpaired) electrons. The van der Waals surface area contributed by atoms with Gasteiger partial charge < -0.3 is 19.8 Å². The van der Waals surface area contributed by atoms with E-state index < -0.39 is 20.0 Å². The van der Waals surface area contributed by atoms with Gasteiger partial charge in [-0.2, -0.15) is 0 Å². The van der Waals surface area contributed by atoms with E-state index in [0.717, 1.165) is 32.1 Å². The van der Waals surface area contributed by atoms with Crippen molar-refractivity contribution in [2.45, 2.75) is 334 Å². The zero-order valence-corrected chi connectivity index (χ0v) is 48.7. The molecule has 3 N–H and O–H groups in total. The third-order valence-electron chi connectivity index (χ3n) is 14.5. The second kappa shape index (κ2) is 53.1. The summed E-state index contributed by atoms with van der Waals surface area (Å²) in [6.07, 6.45) is 66.2. The number of phosphoric ester groups is 1. The van der Waals surface area contributed by atoms with Crippen LogP contribution in [0.25, 0.3) is 0 Å². The van der Waals surface area contributed by atoms with E-state index >= 15 is 0 Å². The largest absolute Gasteiger partial charge is 0.472 e. The number of allylic oxidation sites excluding steroid dienone is 1. The fourth-order valence-electron chi connectivity index (χ4n) is 9.63. The Morgan fingerprint density at radius 2 is 0.757 bits per heavy atom. The van der Waals surface area contributed by atoms with Gasteiger partial charge in [0, 0.05) is 6.42 Å². The Morgan fingerprint density at radius 1 is 0.471 bits per heavy atom. The summed E-state index contributed by atoms with van der Waals surface area (Å²) >= 11 is 0. The second-order valence-electron chi connectivity index (χ2n) is 22.8. The van der Waals surface area contributed by atoms with Crippen molar-refractivity contribution in [2.24, 2.45) is 0 Å². The first-order valence-corrected chi connectivity index (χ1v) is 32.6. The summed E-state index contributed by atoms with van der Waals surface area (Å²) in [5, 5.41) is 13.9. The van der Waals surface area contributed by atoms with Crippen molar-refractivity contribution in [3.05, 3.63) is 12.2 Å². The van der Waals surface area contributed by atoms with Crippen LogP contribution < -0.4 is 5.32 Å². The topological polar surface area (TPSA) is 105 Å². The van der Waals surface area contributed by atoms with Gasteiger partial charge in [0.25, 0.3) is 0 Å². The summed E-state index contributed by atoms with van der Waals surface area (Å²) in [5.41, 5.74) is 0. The molecular weight excluding hydrogens is 888 g/mol. The number of carbonyl (C=O) groups is 1. The molecular formula is C61H124N2O6P+. The van der Waals surface area contributed by atoms with E-state index in [4.69, 9.17) is 9.05 Å². The van der Waals surface area contributed by atoms with Gasteiger partial charge in [0.1, 0.15) is 13.2 Å². The van der Waals surface area contributed by atoms with Crippen LogP contribution in [-0.4, -0.2) is 73.4 Å². The smallest absolute Gasteiger partial charge is 0.387 e. The molecule has 3 atom stereocenters. The molecule has 1 amide bonds. The van der Waals surface area contributed by atoms with Crippen molar-refractivity contribution in [1.82, 2.24) is 5.32 Å². The molecule has 418 valence electrons. The highest BCUT2D eigenvalue weighted by Gasteiger charge is 2.27. The molecule has 0 aromatic carbocycles. The predicted molar refractivity (Wildman–Crippen MR) is 305 cm³/mol. The van der Waals surface area contributed by atoms with Gasteiger partial charge in [0.15, 0.2) is 0 Å². The lowest BCUT2D eigenvalue weighted by Crippen LogP contribution is -2.45. The number of hydrogen-bond donors (Lipinski definition) is 3. The zero-order chi connectivity index (χ0) is 51.3. The summed E-state index contributed by atoms with van der Waals surface area (Å²) < 4.78 is 23.7. The number of aliphatic hydroxyl groups excluding tert-OH is 1. The fourth-order valence-corrected chi connectivity index (χ4v) is 10.4. The Balaban J connectivity index is 4.02. The quantitative estimate of drug-likeness (QED) is 0.0243. The number of nitrogens with one attached hydrogen (secondary N) is 1. The van der Waals surface area contributed by atoms with Crippen molar-refractivity contribution >= 4 is 13.7 Å². The van der Waals surface area contributed by atoms with E-state index in [0.29, 0.717) is 17.4 Å². The summed E-state index contributed by atoms with van der Waals surface area (Å²) in [7, 11) is 1.59. The maximum Gasteiger partial charge on any atom is 0.472 e. The Bertz CT molecular complexity index is 1150. The van der Waals surface area contributed by atoms with Gasteiger partial charge in [-0.25, -0.2) is 4.57 Å². The number of hydrogen-bond acceptors (Lipinski definition) is 5. The Labute approximate surface area is 437 Å². The normalized spacial score (nSPS) is 13.9. The first-order valence-electron chi connectivity index (χ1n) is 31.1. The SMILES string of the molecule is CCCCCCCCCCCCCCCCC/C=C/[C@@H](O)[C@H](COP(=O)(O)OCC[N+](C)(C)C)NC(=O)CCCCCCCCCCCCCCCCCCCCCCCCCCCCCCCCC. The maximum atomic E-state index is 13.0. The van der Waals surface area contributed by atoms with E-state index in [-0.39, 0.29) is 19.1 Å². The average Bonchev–Trinajstić information content (AvgIpc) is 3.32. The molecule has 0 aliphatic carbocycles. The first-order chi connectivity index (χ1) is 34.0. The number of quaternary nitrogens is 1. The van der Waals surface area contributed by atoms with Gasteiger partial charge in [0.05, 0.1) is 39.9 Å². The highest BCUT2D eigenvalue weighted by molar-refractivity contribution is 7.47. The average molecular weight is 1010 g/mol. The molecule has 0 bridgehead atoms. The molecule has 0 aromatic rings. The van der Waals surface area contributed by atoms with E-state index in [9.17, 15) is 19.4 Å². The van der Waals surface area contributed by atoms with Crippen LogP contribution in [0.15, 0.2) is 12.2 Å². The van der Waals surface area contributed by atoms with Crippen molar-refractivity contribution < 1.29 is 32.9 Å². The molecule has 1 unspecified atom stereocenters. The molecule has 0 heterocycles. The summed E-state index contributed by atoms with van der Waals surface area (Å²) in [4.78, 5) is 23.3. The summed E-state index contributed by atoms with van der Waals surface area (Å²) in [5.74, 6) is -0.169. The van der Waals surface area contributed by atoms with Gasteiger partial charge in [-0.1, -0.05) is 309 Å². The molecule has 0 saturated heterocycles. The van der Waals surface area contributed by atoms with Crippen molar-refractivity contribution in [3.63, 3.8) is 0 Å². The Kier molecular flexibility index (Phi) is 52.5. The lowest BCUT2D eigenvalue weighted by Gasteiger charge is -2.25. The van der Waals surface area contributed by atoms with Crippen LogP contribution in [0.1, 0.15) is 322 Å². The van der Waals surface area contributed by atoms with Gasteiger partial charge >= 0.3 is 7.82 Å². The minimum Gasteiger partial charge on any atom is -0.387 e. The number of nitrogens with zero attached hydrogens (tertiary/aromatic N) is 1. The highest BCUT2D eigenvalue weighted by Crippen LogP contribution is 2.43. The Hall–Kier alpha value is -0.760. The van der Waals surface area contributed by atoms with Crippen LogP contribution >= 0.6 is 7.82 Å².